The first kappa shape index (κ1) is 17.4. The molecule has 6 nitrogen and oxygen atoms in total. The van der Waals surface area contributed by atoms with Crippen LogP contribution in [0.3, 0.4) is 0 Å². The molecule has 2 aromatic heterocycles. The van der Waals surface area contributed by atoms with Crippen LogP contribution in [0.15, 0.2) is 73.2 Å². The lowest BCUT2D eigenvalue weighted by atomic mass is 9.86. The number of hydrogen-bond donors (Lipinski definition) is 1. The van der Waals surface area contributed by atoms with Gasteiger partial charge in [0.25, 0.3) is 0 Å². The number of fused-ring (bicyclic) bond motifs is 2. The minimum absolute atomic E-state index is 0.102. The van der Waals surface area contributed by atoms with E-state index in [-0.39, 0.29) is 11.9 Å². The van der Waals surface area contributed by atoms with E-state index in [2.05, 4.69) is 33.6 Å². The number of urea groups is 1. The molecule has 3 heterocycles. The summed E-state index contributed by atoms with van der Waals surface area (Å²) in [7, 11) is 1.91. The molecule has 6 heteroatoms. The molecule has 4 aromatic rings. The lowest BCUT2D eigenvalue weighted by Gasteiger charge is -2.34. The van der Waals surface area contributed by atoms with Gasteiger partial charge in [0.2, 0.25) is 0 Å². The van der Waals surface area contributed by atoms with Crippen molar-refractivity contribution < 1.29 is 4.79 Å². The summed E-state index contributed by atoms with van der Waals surface area (Å²) in [6, 6.07) is 17.9. The van der Waals surface area contributed by atoms with Gasteiger partial charge in [-0.3, -0.25) is 9.67 Å². The smallest absolute Gasteiger partial charge is 0.319 e. The second-order valence-corrected chi connectivity index (χ2v) is 7.39. The van der Waals surface area contributed by atoms with Gasteiger partial charge in [0.1, 0.15) is 0 Å². The first-order valence-electron chi connectivity index (χ1n) is 9.65. The molecule has 1 atom stereocenters. The maximum Gasteiger partial charge on any atom is 0.322 e. The third-order valence-electron chi connectivity index (χ3n) is 5.48. The van der Waals surface area contributed by atoms with E-state index in [1.54, 1.807) is 10.9 Å². The zero-order chi connectivity index (χ0) is 19.8. The highest BCUT2D eigenvalue weighted by atomic mass is 16.2. The Balaban J connectivity index is 1.46. The van der Waals surface area contributed by atoms with Crippen LogP contribution in [0.2, 0.25) is 0 Å². The second kappa shape index (κ2) is 7.05. The molecule has 144 valence electrons. The molecular formula is C23H21N5O. The Bertz CT molecular complexity index is 1190. The van der Waals surface area contributed by atoms with E-state index in [4.69, 9.17) is 0 Å². The number of rotatable bonds is 2. The third-order valence-corrected chi connectivity index (χ3v) is 5.48. The minimum atomic E-state index is -0.119. The number of pyridine rings is 1. The summed E-state index contributed by atoms with van der Waals surface area (Å²) in [6.45, 7) is 1.18. The summed E-state index contributed by atoms with van der Waals surface area (Å²) < 4.78 is 1.80. The SMILES string of the molecule is Cn1cc(C2CN(C(=O)Nc3cccc4cccnc34)Cc3ccccc32)cn1. The number of hydrogen-bond acceptors (Lipinski definition) is 3. The maximum atomic E-state index is 13.2. The Kier molecular flexibility index (Phi) is 4.24. The number of carbonyl (C=O) groups excluding carboxylic acids is 1. The number of para-hydroxylation sites is 1. The number of aryl methyl sites for hydroxylation is 1. The van der Waals surface area contributed by atoms with Crippen LogP contribution in [0.4, 0.5) is 10.5 Å². The molecule has 1 aliphatic rings. The lowest BCUT2D eigenvalue weighted by Crippen LogP contribution is -2.41. The number of nitrogens with one attached hydrogen (secondary N) is 1. The predicted molar refractivity (Wildman–Crippen MR) is 113 cm³/mol. The molecule has 0 saturated carbocycles. The van der Waals surface area contributed by atoms with Crippen LogP contribution in [-0.2, 0) is 13.6 Å². The minimum Gasteiger partial charge on any atom is -0.319 e. The van der Waals surface area contributed by atoms with E-state index < -0.39 is 0 Å². The summed E-state index contributed by atoms with van der Waals surface area (Å²) >= 11 is 0. The van der Waals surface area contributed by atoms with Gasteiger partial charge in [0.15, 0.2) is 0 Å². The van der Waals surface area contributed by atoms with Crippen molar-refractivity contribution in [1.82, 2.24) is 19.7 Å². The van der Waals surface area contributed by atoms with Gasteiger partial charge in [0.05, 0.1) is 17.4 Å². The molecule has 2 aromatic carbocycles. The van der Waals surface area contributed by atoms with Crippen LogP contribution in [0.5, 0.6) is 0 Å². The van der Waals surface area contributed by atoms with E-state index in [9.17, 15) is 4.79 Å². The third kappa shape index (κ3) is 3.23. The molecule has 0 radical (unpaired) electrons. The average Bonchev–Trinajstić information content (AvgIpc) is 3.19. The first-order chi connectivity index (χ1) is 14.2. The van der Waals surface area contributed by atoms with Gasteiger partial charge in [-0.25, -0.2) is 4.79 Å². The Morgan fingerprint density at radius 3 is 2.83 bits per heavy atom. The second-order valence-electron chi connectivity index (χ2n) is 7.39. The molecule has 0 bridgehead atoms. The van der Waals surface area contributed by atoms with Crippen molar-refractivity contribution in [2.24, 2.45) is 7.05 Å². The Hall–Kier alpha value is -3.67. The van der Waals surface area contributed by atoms with Gasteiger partial charge in [-0.1, -0.05) is 42.5 Å². The number of amides is 2. The van der Waals surface area contributed by atoms with E-state index in [1.165, 1.54) is 11.1 Å². The summed E-state index contributed by atoms with van der Waals surface area (Å²) in [6.07, 6.45) is 5.66. The molecule has 5 rings (SSSR count). The number of benzene rings is 2. The van der Waals surface area contributed by atoms with Crippen LogP contribution >= 0.6 is 0 Å². The van der Waals surface area contributed by atoms with Gasteiger partial charge in [-0.05, 0) is 28.8 Å². The molecule has 0 fully saturated rings. The summed E-state index contributed by atoms with van der Waals surface area (Å²) in [5.41, 5.74) is 5.06. The average molecular weight is 383 g/mol. The molecule has 1 aliphatic heterocycles. The Labute approximate surface area is 168 Å². The van der Waals surface area contributed by atoms with Crippen molar-refractivity contribution in [2.75, 3.05) is 11.9 Å². The highest BCUT2D eigenvalue weighted by molar-refractivity contribution is 5.99. The zero-order valence-electron chi connectivity index (χ0n) is 16.1. The molecule has 0 aliphatic carbocycles. The maximum absolute atomic E-state index is 13.2. The molecule has 29 heavy (non-hydrogen) atoms. The van der Waals surface area contributed by atoms with Gasteiger partial charge in [-0.2, -0.15) is 5.10 Å². The fraction of sp³-hybridized carbons (Fsp3) is 0.174. The van der Waals surface area contributed by atoms with E-state index in [0.717, 1.165) is 22.2 Å². The van der Waals surface area contributed by atoms with Gasteiger partial charge in [0, 0.05) is 43.8 Å². The quantitative estimate of drug-likeness (QED) is 0.566. The standard InChI is InChI=1S/C23H21N5O/c1-27-13-18(12-25-27)20-15-28(14-17-6-2-3-9-19(17)20)23(29)26-21-10-4-7-16-8-5-11-24-22(16)21/h2-13,20H,14-15H2,1H3,(H,26,29). The zero-order valence-corrected chi connectivity index (χ0v) is 16.1. The summed E-state index contributed by atoms with van der Waals surface area (Å²) in [4.78, 5) is 19.5. The lowest BCUT2D eigenvalue weighted by molar-refractivity contribution is 0.203. The fourth-order valence-corrected chi connectivity index (χ4v) is 4.07. The normalized spacial score (nSPS) is 15.9. The molecule has 0 saturated heterocycles. The summed E-state index contributed by atoms with van der Waals surface area (Å²) in [5.74, 6) is 0.102. The van der Waals surface area contributed by atoms with Crippen LogP contribution in [0.1, 0.15) is 22.6 Å². The topological polar surface area (TPSA) is 63.1 Å². The number of aromatic nitrogens is 3. The molecule has 0 spiro atoms. The predicted octanol–water partition coefficient (Wildman–Crippen LogP) is 4.15. The van der Waals surface area contributed by atoms with Crippen LogP contribution in [-0.4, -0.2) is 32.2 Å². The van der Waals surface area contributed by atoms with Crippen molar-refractivity contribution in [3.8, 4) is 0 Å². The Morgan fingerprint density at radius 1 is 1.10 bits per heavy atom. The fourth-order valence-electron chi connectivity index (χ4n) is 4.07. The molecular weight excluding hydrogens is 362 g/mol. The van der Waals surface area contributed by atoms with Crippen LogP contribution in [0.25, 0.3) is 10.9 Å². The molecule has 1 unspecified atom stereocenters. The van der Waals surface area contributed by atoms with Crippen molar-refractivity contribution in [1.29, 1.82) is 0 Å². The van der Waals surface area contributed by atoms with Crippen molar-refractivity contribution in [3.05, 3.63) is 89.9 Å². The van der Waals surface area contributed by atoms with E-state index >= 15 is 0 Å². The number of anilines is 1. The molecule has 1 N–H and O–H groups in total. The highest BCUT2D eigenvalue weighted by Gasteiger charge is 2.30. The number of carbonyl (C=O) groups is 1. The first-order valence-corrected chi connectivity index (χ1v) is 9.65. The number of nitrogens with zero attached hydrogens (tertiary/aromatic N) is 4. The van der Waals surface area contributed by atoms with Crippen molar-refractivity contribution >= 4 is 22.6 Å². The van der Waals surface area contributed by atoms with Gasteiger partial charge in [-0.15, -0.1) is 0 Å². The highest BCUT2D eigenvalue weighted by Crippen LogP contribution is 2.33. The largest absolute Gasteiger partial charge is 0.322 e. The van der Waals surface area contributed by atoms with Gasteiger partial charge < -0.3 is 10.2 Å². The molecule has 2 amide bonds. The van der Waals surface area contributed by atoms with Crippen molar-refractivity contribution in [3.63, 3.8) is 0 Å². The Morgan fingerprint density at radius 2 is 1.97 bits per heavy atom. The van der Waals surface area contributed by atoms with E-state index in [0.29, 0.717) is 13.1 Å². The van der Waals surface area contributed by atoms with Crippen molar-refractivity contribution in [2.45, 2.75) is 12.5 Å². The monoisotopic (exact) mass is 383 g/mol. The van der Waals surface area contributed by atoms with E-state index in [1.807, 2.05) is 60.7 Å². The summed E-state index contributed by atoms with van der Waals surface area (Å²) in [5, 5.41) is 8.39. The van der Waals surface area contributed by atoms with Crippen LogP contribution in [0, 0.1) is 0 Å². The van der Waals surface area contributed by atoms with Gasteiger partial charge >= 0.3 is 6.03 Å². The van der Waals surface area contributed by atoms with Crippen LogP contribution < -0.4 is 5.32 Å².